The fourth-order valence-corrected chi connectivity index (χ4v) is 2.58. The van der Waals surface area contributed by atoms with E-state index in [1.165, 1.54) is 0 Å². The van der Waals surface area contributed by atoms with E-state index in [0.29, 0.717) is 12.8 Å². The average Bonchev–Trinajstić information content (AvgIpc) is 2.66. The number of carbonyl (C=O) groups excluding carboxylic acids is 1. The Bertz CT molecular complexity index is 345. The van der Waals surface area contributed by atoms with Crippen LogP contribution in [0.2, 0.25) is 0 Å². The molecule has 1 aliphatic rings. The Morgan fingerprint density at radius 2 is 1.94 bits per heavy atom. The molecule has 0 saturated heterocycles. The molecule has 1 fully saturated rings. The van der Waals surface area contributed by atoms with Gasteiger partial charge in [-0.3, -0.25) is 4.79 Å². The van der Waals surface area contributed by atoms with Crippen molar-refractivity contribution in [2.75, 3.05) is 18.1 Å². The molecule has 0 heterocycles. The fourth-order valence-electron chi connectivity index (χ4n) is 1.87. The highest BCUT2D eigenvalue weighted by Gasteiger charge is 2.36. The largest absolute Gasteiger partial charge is 0.353 e. The first kappa shape index (κ1) is 13.4. The maximum absolute atomic E-state index is 11.7. The van der Waals surface area contributed by atoms with Crippen LogP contribution in [0.4, 0.5) is 0 Å². The standard InChI is InChI=1S/C10H20N2O3S/c1-2-16(14,15)8-7-12-9(13)10(11)5-3-4-6-10/h2-8,11H2,1H3,(H,12,13). The van der Waals surface area contributed by atoms with Gasteiger partial charge in [-0.2, -0.15) is 0 Å². The highest BCUT2D eigenvalue weighted by atomic mass is 32.2. The molecular formula is C10H20N2O3S. The van der Waals surface area contributed by atoms with Gasteiger partial charge in [-0.15, -0.1) is 0 Å². The van der Waals surface area contributed by atoms with Crippen molar-refractivity contribution in [2.45, 2.75) is 38.1 Å². The second kappa shape index (κ2) is 5.14. The summed E-state index contributed by atoms with van der Waals surface area (Å²) >= 11 is 0. The van der Waals surface area contributed by atoms with Crippen LogP contribution >= 0.6 is 0 Å². The molecule has 0 bridgehead atoms. The number of sulfone groups is 1. The van der Waals surface area contributed by atoms with E-state index in [1.54, 1.807) is 6.92 Å². The lowest BCUT2D eigenvalue weighted by Crippen LogP contribution is -2.52. The zero-order valence-electron chi connectivity index (χ0n) is 9.66. The van der Waals surface area contributed by atoms with Crippen LogP contribution in [0, 0.1) is 0 Å². The molecule has 1 saturated carbocycles. The average molecular weight is 248 g/mol. The van der Waals surface area contributed by atoms with Crippen LogP contribution in [0.3, 0.4) is 0 Å². The van der Waals surface area contributed by atoms with Crippen LogP contribution < -0.4 is 11.1 Å². The Balaban J connectivity index is 2.36. The molecule has 1 amide bonds. The van der Waals surface area contributed by atoms with Crippen LogP contribution in [-0.2, 0) is 14.6 Å². The summed E-state index contributed by atoms with van der Waals surface area (Å²) in [6.07, 6.45) is 3.33. The van der Waals surface area contributed by atoms with Crippen LogP contribution in [0.5, 0.6) is 0 Å². The molecule has 94 valence electrons. The summed E-state index contributed by atoms with van der Waals surface area (Å²) in [5, 5.41) is 2.61. The minimum Gasteiger partial charge on any atom is -0.353 e. The molecule has 5 nitrogen and oxygen atoms in total. The van der Waals surface area contributed by atoms with Crippen molar-refractivity contribution in [1.29, 1.82) is 0 Å². The minimum atomic E-state index is -3.01. The third-order valence-electron chi connectivity index (χ3n) is 3.09. The van der Waals surface area contributed by atoms with Gasteiger partial charge in [-0.25, -0.2) is 8.42 Å². The molecule has 0 aromatic heterocycles. The quantitative estimate of drug-likeness (QED) is 0.705. The molecule has 6 heteroatoms. The summed E-state index contributed by atoms with van der Waals surface area (Å²) in [6, 6.07) is 0. The molecular weight excluding hydrogens is 228 g/mol. The zero-order valence-corrected chi connectivity index (χ0v) is 10.5. The summed E-state index contributed by atoms with van der Waals surface area (Å²) in [5.41, 5.74) is 5.16. The molecule has 0 aromatic carbocycles. The summed E-state index contributed by atoms with van der Waals surface area (Å²) in [4.78, 5) is 11.7. The summed E-state index contributed by atoms with van der Waals surface area (Å²) < 4.78 is 22.4. The summed E-state index contributed by atoms with van der Waals surface area (Å²) in [6.45, 7) is 1.76. The van der Waals surface area contributed by atoms with Gasteiger partial charge in [0.15, 0.2) is 9.84 Å². The van der Waals surface area contributed by atoms with Crippen molar-refractivity contribution in [3.8, 4) is 0 Å². The van der Waals surface area contributed by atoms with Gasteiger partial charge in [-0.05, 0) is 12.8 Å². The topological polar surface area (TPSA) is 89.3 Å². The molecule has 0 atom stereocenters. The number of nitrogens with two attached hydrogens (primary N) is 1. The van der Waals surface area contributed by atoms with Crippen molar-refractivity contribution in [3.63, 3.8) is 0 Å². The number of amides is 1. The highest BCUT2D eigenvalue weighted by molar-refractivity contribution is 7.91. The number of rotatable bonds is 5. The molecule has 1 aliphatic carbocycles. The van der Waals surface area contributed by atoms with Gasteiger partial charge in [-0.1, -0.05) is 19.8 Å². The van der Waals surface area contributed by atoms with Gasteiger partial charge >= 0.3 is 0 Å². The lowest BCUT2D eigenvalue weighted by atomic mass is 9.98. The number of hydrogen-bond acceptors (Lipinski definition) is 4. The molecule has 0 spiro atoms. The SMILES string of the molecule is CCS(=O)(=O)CCNC(=O)C1(N)CCCC1. The number of nitrogens with one attached hydrogen (secondary N) is 1. The zero-order chi connectivity index (χ0) is 12.2. The van der Waals surface area contributed by atoms with Crippen LogP contribution in [0.25, 0.3) is 0 Å². The molecule has 16 heavy (non-hydrogen) atoms. The summed E-state index contributed by atoms with van der Waals surface area (Å²) in [7, 11) is -3.01. The molecule has 0 unspecified atom stereocenters. The van der Waals surface area contributed by atoms with Gasteiger partial charge in [0, 0.05) is 12.3 Å². The first-order valence-electron chi connectivity index (χ1n) is 5.67. The Morgan fingerprint density at radius 3 is 2.44 bits per heavy atom. The Labute approximate surface area is 96.7 Å². The smallest absolute Gasteiger partial charge is 0.240 e. The van der Waals surface area contributed by atoms with Crippen molar-refractivity contribution in [1.82, 2.24) is 5.32 Å². The van der Waals surface area contributed by atoms with E-state index in [9.17, 15) is 13.2 Å². The molecule has 0 aliphatic heterocycles. The Hall–Kier alpha value is -0.620. The normalized spacial score (nSPS) is 19.6. The molecule has 0 radical (unpaired) electrons. The summed E-state index contributed by atoms with van der Waals surface area (Å²) in [5.74, 6) is -0.113. The van der Waals surface area contributed by atoms with Gasteiger partial charge in [0.1, 0.15) is 0 Å². The van der Waals surface area contributed by atoms with E-state index in [0.717, 1.165) is 12.8 Å². The van der Waals surface area contributed by atoms with Crippen molar-refractivity contribution < 1.29 is 13.2 Å². The predicted octanol–water partition coefficient (Wildman–Crippen LogP) is -0.191. The van der Waals surface area contributed by atoms with Gasteiger partial charge < -0.3 is 11.1 Å². The van der Waals surface area contributed by atoms with Crippen LogP contribution in [0.15, 0.2) is 0 Å². The first-order valence-corrected chi connectivity index (χ1v) is 7.49. The van der Waals surface area contributed by atoms with E-state index in [2.05, 4.69) is 5.32 Å². The first-order chi connectivity index (χ1) is 7.40. The maximum atomic E-state index is 11.7. The van der Waals surface area contributed by atoms with Crippen molar-refractivity contribution in [3.05, 3.63) is 0 Å². The number of carbonyl (C=O) groups is 1. The molecule has 1 rings (SSSR count). The number of hydrogen-bond donors (Lipinski definition) is 2. The van der Waals surface area contributed by atoms with E-state index >= 15 is 0 Å². The van der Waals surface area contributed by atoms with Crippen LogP contribution in [0.1, 0.15) is 32.6 Å². The van der Waals surface area contributed by atoms with Crippen LogP contribution in [-0.4, -0.2) is 37.9 Å². The third kappa shape index (κ3) is 3.45. The van der Waals surface area contributed by atoms with Crippen molar-refractivity contribution >= 4 is 15.7 Å². The van der Waals surface area contributed by atoms with E-state index in [-0.39, 0.29) is 24.0 Å². The highest BCUT2D eigenvalue weighted by Crippen LogP contribution is 2.26. The van der Waals surface area contributed by atoms with Gasteiger partial charge in [0.05, 0.1) is 11.3 Å². The third-order valence-corrected chi connectivity index (χ3v) is 4.79. The van der Waals surface area contributed by atoms with E-state index in [1.807, 2.05) is 0 Å². The van der Waals surface area contributed by atoms with Crippen molar-refractivity contribution in [2.24, 2.45) is 5.73 Å². The Morgan fingerprint density at radius 1 is 1.38 bits per heavy atom. The second-order valence-electron chi connectivity index (χ2n) is 4.36. The van der Waals surface area contributed by atoms with Gasteiger partial charge in [0.25, 0.3) is 0 Å². The maximum Gasteiger partial charge on any atom is 0.240 e. The molecule has 0 aromatic rings. The lowest BCUT2D eigenvalue weighted by molar-refractivity contribution is -0.126. The second-order valence-corrected chi connectivity index (χ2v) is 6.83. The monoisotopic (exact) mass is 248 g/mol. The van der Waals surface area contributed by atoms with E-state index in [4.69, 9.17) is 5.73 Å². The lowest BCUT2D eigenvalue weighted by Gasteiger charge is -2.22. The fraction of sp³-hybridized carbons (Fsp3) is 0.900. The van der Waals surface area contributed by atoms with Gasteiger partial charge in [0.2, 0.25) is 5.91 Å². The molecule has 3 N–H and O–H groups in total. The minimum absolute atomic E-state index is 0.00861. The predicted molar refractivity (Wildman–Crippen MR) is 62.7 cm³/mol. The van der Waals surface area contributed by atoms with E-state index < -0.39 is 15.4 Å². The Kier molecular flexibility index (Phi) is 4.32.